The summed E-state index contributed by atoms with van der Waals surface area (Å²) in [6, 6.07) is 0. The Morgan fingerprint density at radius 2 is 2.25 bits per heavy atom. The summed E-state index contributed by atoms with van der Waals surface area (Å²) in [5, 5.41) is 0. The average Bonchev–Trinajstić information content (AvgIpc) is 2.85. The molecule has 0 saturated heterocycles. The molecule has 4 nitrogen and oxygen atoms in total. The smallest absolute Gasteiger partial charge is 0.338 e. The topological polar surface area (TPSA) is 52.6 Å². The van der Waals surface area contributed by atoms with Gasteiger partial charge < -0.3 is 14.3 Å². The highest BCUT2D eigenvalue weighted by molar-refractivity contribution is 5.82. The summed E-state index contributed by atoms with van der Waals surface area (Å²) in [6.45, 7) is 0.304. The fraction of sp³-hybridized carbons (Fsp3) is 0.750. The molecule has 0 aliphatic heterocycles. The minimum Gasteiger partial charge on any atom is -0.467 e. The molecule has 0 N–H and O–H groups in total. The minimum atomic E-state index is -0.711. The van der Waals surface area contributed by atoms with E-state index in [9.17, 15) is 9.59 Å². The second kappa shape index (κ2) is 3.67. The van der Waals surface area contributed by atoms with Crippen LogP contribution in [0.25, 0.3) is 0 Å². The molecule has 12 heavy (non-hydrogen) atoms. The van der Waals surface area contributed by atoms with Gasteiger partial charge in [-0.2, -0.15) is 0 Å². The molecular weight excluding hydrogens is 160 g/mol. The number of carbonyl (C=O) groups excluding carboxylic acids is 2. The number of carbonyl (C=O) groups is 2. The van der Waals surface area contributed by atoms with Crippen molar-refractivity contribution < 1.29 is 19.1 Å². The van der Waals surface area contributed by atoms with Gasteiger partial charge in [0, 0.05) is 6.42 Å². The number of aldehydes is 1. The van der Waals surface area contributed by atoms with Gasteiger partial charge in [-0.05, 0) is 12.8 Å². The molecular formula is C8H12O4. The van der Waals surface area contributed by atoms with Crippen LogP contribution in [0.15, 0.2) is 0 Å². The lowest BCUT2D eigenvalue weighted by atomic mass is 10.3. The summed E-state index contributed by atoms with van der Waals surface area (Å²) in [4.78, 5) is 21.0. The first-order chi connectivity index (χ1) is 5.75. The molecule has 1 fully saturated rings. The van der Waals surface area contributed by atoms with Gasteiger partial charge in [-0.1, -0.05) is 0 Å². The van der Waals surface area contributed by atoms with Crippen molar-refractivity contribution in [1.82, 2.24) is 0 Å². The van der Waals surface area contributed by atoms with Crippen LogP contribution >= 0.6 is 0 Å². The van der Waals surface area contributed by atoms with Gasteiger partial charge in [0.05, 0.1) is 13.7 Å². The molecule has 0 unspecified atom stereocenters. The van der Waals surface area contributed by atoms with Crippen molar-refractivity contribution in [3.8, 4) is 0 Å². The number of hydrogen-bond acceptors (Lipinski definition) is 4. The van der Waals surface area contributed by atoms with Gasteiger partial charge >= 0.3 is 5.97 Å². The molecule has 0 aromatic rings. The normalized spacial score (nSPS) is 18.4. The summed E-state index contributed by atoms with van der Waals surface area (Å²) >= 11 is 0. The molecule has 68 valence electrons. The highest BCUT2D eigenvalue weighted by Crippen LogP contribution is 2.40. The highest BCUT2D eigenvalue weighted by Gasteiger charge is 2.52. The van der Waals surface area contributed by atoms with E-state index >= 15 is 0 Å². The summed E-state index contributed by atoms with van der Waals surface area (Å²) in [5.41, 5.74) is -0.711. The zero-order valence-corrected chi connectivity index (χ0v) is 7.04. The van der Waals surface area contributed by atoms with Crippen molar-refractivity contribution in [3.05, 3.63) is 0 Å². The molecule has 0 heterocycles. The molecule has 0 spiro atoms. The Bertz CT molecular complexity index is 183. The van der Waals surface area contributed by atoms with Gasteiger partial charge in [0.2, 0.25) is 0 Å². The van der Waals surface area contributed by atoms with E-state index in [1.54, 1.807) is 0 Å². The van der Waals surface area contributed by atoms with Crippen LogP contribution in [-0.2, 0) is 19.1 Å². The third-order valence-corrected chi connectivity index (χ3v) is 1.88. The van der Waals surface area contributed by atoms with E-state index in [4.69, 9.17) is 4.74 Å². The molecule has 1 rings (SSSR count). The van der Waals surface area contributed by atoms with Crippen LogP contribution in [0.4, 0.5) is 0 Å². The Kier molecular flexibility index (Phi) is 2.81. The van der Waals surface area contributed by atoms with Gasteiger partial charge in [-0.25, -0.2) is 4.79 Å². The lowest BCUT2D eigenvalue weighted by molar-refractivity contribution is -0.157. The maximum Gasteiger partial charge on any atom is 0.338 e. The van der Waals surface area contributed by atoms with Gasteiger partial charge in [0.1, 0.15) is 6.29 Å². The van der Waals surface area contributed by atoms with Gasteiger partial charge in [0.15, 0.2) is 5.60 Å². The Morgan fingerprint density at radius 1 is 1.58 bits per heavy atom. The summed E-state index contributed by atoms with van der Waals surface area (Å²) in [6.07, 6.45) is 2.52. The van der Waals surface area contributed by atoms with Crippen molar-refractivity contribution in [2.45, 2.75) is 24.9 Å². The lowest BCUT2D eigenvalue weighted by Gasteiger charge is -2.12. The first kappa shape index (κ1) is 9.19. The second-order valence-corrected chi connectivity index (χ2v) is 2.79. The van der Waals surface area contributed by atoms with Crippen molar-refractivity contribution in [1.29, 1.82) is 0 Å². The predicted molar refractivity (Wildman–Crippen MR) is 40.6 cm³/mol. The van der Waals surface area contributed by atoms with Crippen molar-refractivity contribution >= 4 is 12.3 Å². The molecule has 0 aromatic heterocycles. The Labute approximate surface area is 70.8 Å². The average molecular weight is 172 g/mol. The van der Waals surface area contributed by atoms with Crippen LogP contribution in [0.2, 0.25) is 0 Å². The molecule has 0 atom stereocenters. The number of ether oxygens (including phenoxy) is 2. The standard InChI is InChI=1S/C8H12O4/c1-11-7(10)8(3-4-8)12-6-2-5-9/h5H,2-4,6H2,1H3. The van der Waals surface area contributed by atoms with E-state index in [0.717, 1.165) is 6.29 Å². The van der Waals surface area contributed by atoms with E-state index in [-0.39, 0.29) is 5.97 Å². The number of hydrogen-bond donors (Lipinski definition) is 0. The van der Waals surface area contributed by atoms with Crippen molar-refractivity contribution in [2.24, 2.45) is 0 Å². The number of esters is 1. The Hall–Kier alpha value is -0.900. The molecule has 0 bridgehead atoms. The molecule has 1 saturated carbocycles. The van der Waals surface area contributed by atoms with Gasteiger partial charge in [0.25, 0.3) is 0 Å². The van der Waals surface area contributed by atoms with E-state index in [1.807, 2.05) is 0 Å². The third kappa shape index (κ3) is 1.82. The SMILES string of the molecule is COC(=O)C1(OCCC=O)CC1. The van der Waals surface area contributed by atoms with E-state index in [1.165, 1.54) is 7.11 Å². The quantitative estimate of drug-likeness (QED) is 0.340. The van der Waals surface area contributed by atoms with Crippen molar-refractivity contribution in [2.75, 3.05) is 13.7 Å². The highest BCUT2D eigenvalue weighted by atomic mass is 16.6. The van der Waals surface area contributed by atoms with Crippen LogP contribution in [0.1, 0.15) is 19.3 Å². The van der Waals surface area contributed by atoms with Crippen LogP contribution in [0, 0.1) is 0 Å². The fourth-order valence-electron chi connectivity index (χ4n) is 1.01. The molecule has 0 radical (unpaired) electrons. The number of methoxy groups -OCH3 is 1. The maximum atomic E-state index is 11.1. The summed E-state index contributed by atoms with van der Waals surface area (Å²) < 4.78 is 9.78. The minimum absolute atomic E-state index is 0.304. The van der Waals surface area contributed by atoms with Crippen LogP contribution < -0.4 is 0 Å². The predicted octanol–water partition coefficient (Wildman–Crippen LogP) is 0.298. The van der Waals surface area contributed by atoms with Crippen LogP contribution in [0.5, 0.6) is 0 Å². The summed E-state index contributed by atoms with van der Waals surface area (Å²) in [7, 11) is 1.34. The van der Waals surface area contributed by atoms with E-state index < -0.39 is 5.60 Å². The molecule has 1 aliphatic carbocycles. The largest absolute Gasteiger partial charge is 0.467 e. The zero-order valence-electron chi connectivity index (χ0n) is 7.04. The van der Waals surface area contributed by atoms with E-state index in [2.05, 4.69) is 4.74 Å². The molecule has 0 aromatic carbocycles. The third-order valence-electron chi connectivity index (χ3n) is 1.88. The van der Waals surface area contributed by atoms with Crippen molar-refractivity contribution in [3.63, 3.8) is 0 Å². The lowest BCUT2D eigenvalue weighted by Crippen LogP contribution is -2.28. The first-order valence-electron chi connectivity index (χ1n) is 3.91. The van der Waals surface area contributed by atoms with E-state index in [0.29, 0.717) is 25.9 Å². The van der Waals surface area contributed by atoms with Crippen LogP contribution in [-0.4, -0.2) is 31.6 Å². The van der Waals surface area contributed by atoms with Gasteiger partial charge in [-0.15, -0.1) is 0 Å². The Balaban J connectivity index is 2.29. The number of rotatable bonds is 5. The molecule has 4 heteroatoms. The van der Waals surface area contributed by atoms with Gasteiger partial charge in [-0.3, -0.25) is 0 Å². The maximum absolute atomic E-state index is 11.1. The Morgan fingerprint density at radius 3 is 2.67 bits per heavy atom. The molecule has 0 amide bonds. The monoisotopic (exact) mass is 172 g/mol. The fourth-order valence-corrected chi connectivity index (χ4v) is 1.01. The summed E-state index contributed by atoms with van der Waals surface area (Å²) in [5.74, 6) is -0.326. The second-order valence-electron chi connectivity index (χ2n) is 2.79. The zero-order chi connectivity index (χ0) is 9.03. The molecule has 1 aliphatic rings. The first-order valence-corrected chi connectivity index (χ1v) is 3.91. The van der Waals surface area contributed by atoms with Crippen LogP contribution in [0.3, 0.4) is 0 Å².